The molecule has 1 unspecified atom stereocenters. The fraction of sp³-hybridized carbons (Fsp3) is 0.350. The van der Waals surface area contributed by atoms with Gasteiger partial charge in [-0.3, -0.25) is 10.0 Å². The van der Waals surface area contributed by atoms with Gasteiger partial charge in [0.25, 0.3) is 5.91 Å². The summed E-state index contributed by atoms with van der Waals surface area (Å²) in [7, 11) is 0. The molecule has 0 fully saturated rings. The molecule has 0 spiro atoms. The van der Waals surface area contributed by atoms with Gasteiger partial charge in [0.15, 0.2) is 0 Å². The Balaban J connectivity index is 0.00000109. The molecule has 0 aromatic heterocycles. The summed E-state index contributed by atoms with van der Waals surface area (Å²) < 4.78 is 2.34. The molecule has 1 aromatic carbocycles. The van der Waals surface area contributed by atoms with Crippen LogP contribution < -0.4 is 5.48 Å². The highest BCUT2D eigenvalue weighted by molar-refractivity contribution is 8.01. The summed E-state index contributed by atoms with van der Waals surface area (Å²) in [5.41, 5.74) is 4.61. The first kappa shape index (κ1) is 19.5. The van der Waals surface area contributed by atoms with Crippen molar-refractivity contribution in [2.75, 3.05) is 6.54 Å². The maximum Gasteiger partial charge on any atom is 0.274 e. The zero-order chi connectivity index (χ0) is 18.2. The number of hydroxylamine groups is 1. The molecular weight excluding hydrogens is 332 g/mol. The Morgan fingerprint density at radius 1 is 1.28 bits per heavy atom. The van der Waals surface area contributed by atoms with Gasteiger partial charge in [-0.15, -0.1) is 0 Å². The Kier molecular flexibility index (Phi) is 7.50. The van der Waals surface area contributed by atoms with Gasteiger partial charge in [-0.1, -0.05) is 51.1 Å². The van der Waals surface area contributed by atoms with Gasteiger partial charge in [-0.2, -0.15) is 0 Å². The van der Waals surface area contributed by atoms with E-state index in [2.05, 4.69) is 41.6 Å². The van der Waals surface area contributed by atoms with Crippen molar-refractivity contribution in [3.05, 3.63) is 70.2 Å². The van der Waals surface area contributed by atoms with Gasteiger partial charge in [0.1, 0.15) is 0 Å². The first-order chi connectivity index (χ1) is 12.2. The molecule has 3 rings (SSSR count). The molecule has 0 saturated carbocycles. The van der Waals surface area contributed by atoms with Gasteiger partial charge < -0.3 is 0 Å². The second-order valence-electron chi connectivity index (χ2n) is 5.80. The van der Waals surface area contributed by atoms with E-state index in [-0.39, 0.29) is 0 Å². The van der Waals surface area contributed by atoms with E-state index in [1.807, 2.05) is 26.0 Å². The van der Waals surface area contributed by atoms with Gasteiger partial charge in [-0.05, 0) is 53.6 Å². The molecule has 1 aliphatic carbocycles. The number of hydrogen-bond acceptors (Lipinski definition) is 4. The van der Waals surface area contributed by atoms with Crippen molar-refractivity contribution in [2.24, 2.45) is 5.92 Å². The summed E-state index contributed by atoms with van der Waals surface area (Å²) in [5.74, 6) is 0.0155. The number of rotatable bonds is 3. The van der Waals surface area contributed by atoms with E-state index in [0.717, 1.165) is 19.5 Å². The fourth-order valence-electron chi connectivity index (χ4n) is 2.71. The molecule has 0 saturated heterocycles. The summed E-state index contributed by atoms with van der Waals surface area (Å²) in [4.78, 5) is 12.7. The van der Waals surface area contributed by atoms with Crippen molar-refractivity contribution in [1.29, 1.82) is 0 Å². The minimum atomic E-state index is -0.459. The molecular formula is C20H26N2O2S. The van der Waals surface area contributed by atoms with Gasteiger partial charge in [-0.25, -0.2) is 9.79 Å². The number of carbonyl (C=O) groups excluding carboxylic acids is 1. The van der Waals surface area contributed by atoms with Crippen LogP contribution in [-0.2, 0) is 13.0 Å². The molecule has 1 heterocycles. The molecule has 1 amide bonds. The lowest BCUT2D eigenvalue weighted by atomic mass is 9.98. The largest absolute Gasteiger partial charge is 0.288 e. The molecule has 2 aliphatic rings. The third-order valence-corrected chi connectivity index (χ3v) is 5.07. The normalized spacial score (nSPS) is 19.2. The van der Waals surface area contributed by atoms with Crippen LogP contribution in [0.1, 0.15) is 42.3 Å². The monoisotopic (exact) mass is 358 g/mol. The average molecular weight is 359 g/mol. The van der Waals surface area contributed by atoms with Crippen molar-refractivity contribution in [3.63, 3.8) is 0 Å². The Labute approximate surface area is 154 Å². The van der Waals surface area contributed by atoms with E-state index in [0.29, 0.717) is 11.5 Å². The van der Waals surface area contributed by atoms with Gasteiger partial charge in [0.2, 0.25) is 0 Å². The Morgan fingerprint density at radius 3 is 2.84 bits per heavy atom. The molecule has 25 heavy (non-hydrogen) atoms. The lowest BCUT2D eigenvalue weighted by Gasteiger charge is -2.28. The third kappa shape index (κ3) is 5.33. The molecule has 1 aliphatic heterocycles. The smallest absolute Gasteiger partial charge is 0.274 e. The second kappa shape index (κ2) is 9.61. The van der Waals surface area contributed by atoms with Crippen LogP contribution in [0.3, 0.4) is 0 Å². The summed E-state index contributed by atoms with van der Waals surface area (Å²) >= 11 is 1.77. The molecule has 2 N–H and O–H groups in total. The van der Waals surface area contributed by atoms with Gasteiger partial charge in [0.05, 0.1) is 0 Å². The molecule has 0 radical (unpaired) electrons. The second-order valence-corrected chi connectivity index (χ2v) is 6.97. The van der Waals surface area contributed by atoms with E-state index in [1.165, 1.54) is 16.0 Å². The number of carbonyl (C=O) groups is 1. The lowest BCUT2D eigenvalue weighted by molar-refractivity contribution is 0.0706. The Morgan fingerprint density at radius 2 is 2.08 bits per heavy atom. The summed E-state index contributed by atoms with van der Waals surface area (Å²) in [6, 6.07) is 5.61. The maximum absolute atomic E-state index is 11.5. The quantitative estimate of drug-likeness (QED) is 0.475. The average Bonchev–Trinajstić information content (AvgIpc) is 2.86. The van der Waals surface area contributed by atoms with Crippen LogP contribution in [-0.4, -0.2) is 22.0 Å². The standard InChI is InChI=1S/C18H20N2O2S.C2H6/c1-13-3-2-4-17(8-5-13)23-20-10-9-14-11-15(18(21)19-22)6-7-16(14)12-20;1-2/h2-8,11,13,22H,9-10,12H2,1H3,(H,19,21);1-2H3. The van der Waals surface area contributed by atoms with Crippen molar-refractivity contribution in [1.82, 2.24) is 9.79 Å². The van der Waals surface area contributed by atoms with Gasteiger partial charge >= 0.3 is 0 Å². The van der Waals surface area contributed by atoms with Crippen LogP contribution in [0.5, 0.6) is 0 Å². The van der Waals surface area contributed by atoms with Crippen LogP contribution >= 0.6 is 11.9 Å². The summed E-state index contributed by atoms with van der Waals surface area (Å²) in [6.07, 6.45) is 11.7. The number of hydrogen-bond donors (Lipinski definition) is 2. The predicted octanol–water partition coefficient (Wildman–Crippen LogP) is 4.48. The molecule has 1 atom stereocenters. The number of nitrogens with zero attached hydrogens (tertiary/aromatic N) is 1. The Bertz CT molecular complexity index is 695. The molecule has 5 heteroatoms. The number of nitrogens with one attached hydrogen (secondary N) is 1. The molecule has 1 aromatic rings. The number of fused-ring (bicyclic) bond motifs is 1. The highest BCUT2D eigenvalue weighted by atomic mass is 32.2. The van der Waals surface area contributed by atoms with E-state index >= 15 is 0 Å². The zero-order valence-corrected chi connectivity index (χ0v) is 15.8. The first-order valence-corrected chi connectivity index (χ1v) is 9.49. The van der Waals surface area contributed by atoms with Crippen LogP contribution in [0.25, 0.3) is 0 Å². The highest BCUT2D eigenvalue weighted by Crippen LogP contribution is 2.30. The number of amides is 1. The Hall–Kier alpha value is -1.82. The minimum absolute atomic E-state index is 0.459. The van der Waals surface area contributed by atoms with Crippen molar-refractivity contribution < 1.29 is 10.0 Å². The van der Waals surface area contributed by atoms with E-state index in [9.17, 15) is 4.79 Å². The minimum Gasteiger partial charge on any atom is -0.288 e. The van der Waals surface area contributed by atoms with Crippen molar-refractivity contribution in [3.8, 4) is 0 Å². The van der Waals surface area contributed by atoms with Gasteiger partial charge in [0, 0.05) is 23.6 Å². The summed E-state index contributed by atoms with van der Waals surface area (Å²) in [6.45, 7) is 7.96. The number of benzene rings is 1. The van der Waals surface area contributed by atoms with Crippen LogP contribution in [0.2, 0.25) is 0 Å². The topological polar surface area (TPSA) is 52.6 Å². The maximum atomic E-state index is 11.5. The van der Waals surface area contributed by atoms with E-state index < -0.39 is 5.91 Å². The van der Waals surface area contributed by atoms with Crippen molar-refractivity contribution >= 4 is 17.9 Å². The van der Waals surface area contributed by atoms with Crippen LogP contribution in [0.15, 0.2) is 53.5 Å². The number of allylic oxidation sites excluding steroid dienone is 5. The van der Waals surface area contributed by atoms with E-state index in [1.54, 1.807) is 23.5 Å². The lowest BCUT2D eigenvalue weighted by Crippen LogP contribution is -2.26. The molecule has 4 nitrogen and oxygen atoms in total. The molecule has 134 valence electrons. The SMILES string of the molecule is CC.CC1C=CC=C(SN2CCc3cc(C(=O)NO)ccc3C2)C=C1. The zero-order valence-electron chi connectivity index (χ0n) is 15.0. The van der Waals surface area contributed by atoms with Crippen LogP contribution in [0.4, 0.5) is 0 Å². The van der Waals surface area contributed by atoms with Crippen LogP contribution in [0, 0.1) is 5.92 Å². The highest BCUT2D eigenvalue weighted by Gasteiger charge is 2.19. The predicted molar refractivity (Wildman–Crippen MR) is 104 cm³/mol. The van der Waals surface area contributed by atoms with Crippen molar-refractivity contribution in [2.45, 2.75) is 33.7 Å². The fourth-order valence-corrected chi connectivity index (χ4v) is 3.68. The summed E-state index contributed by atoms with van der Waals surface area (Å²) in [5, 5.41) is 8.73. The van der Waals surface area contributed by atoms with E-state index in [4.69, 9.17) is 5.21 Å². The third-order valence-electron chi connectivity index (χ3n) is 4.02. The first-order valence-electron chi connectivity index (χ1n) is 8.71. The molecule has 0 bridgehead atoms.